The molecule has 1 aromatic rings. The van der Waals surface area contributed by atoms with Crippen molar-refractivity contribution in [2.45, 2.75) is 0 Å². The Labute approximate surface area is 92.9 Å². The SMILES string of the molecule is CN(C)CCNC(=O)c1ccc(C=O)s1. The molecule has 0 aliphatic rings. The number of carbonyl (C=O) groups is 2. The maximum atomic E-state index is 11.5. The molecule has 0 radical (unpaired) electrons. The summed E-state index contributed by atoms with van der Waals surface area (Å²) in [5.74, 6) is -0.116. The first-order valence-electron chi connectivity index (χ1n) is 4.61. The Morgan fingerprint density at radius 1 is 1.53 bits per heavy atom. The Morgan fingerprint density at radius 3 is 2.80 bits per heavy atom. The molecule has 0 aliphatic carbocycles. The van der Waals surface area contributed by atoms with Crippen LogP contribution < -0.4 is 5.32 Å². The molecular formula is C10H14N2O2S. The first-order chi connectivity index (χ1) is 7.13. The number of hydrogen-bond acceptors (Lipinski definition) is 4. The van der Waals surface area contributed by atoms with Crippen molar-refractivity contribution in [3.63, 3.8) is 0 Å². The highest BCUT2D eigenvalue weighted by molar-refractivity contribution is 7.15. The fourth-order valence-corrected chi connectivity index (χ4v) is 1.76. The van der Waals surface area contributed by atoms with Crippen LogP contribution in [0.5, 0.6) is 0 Å². The second kappa shape index (κ2) is 5.63. The van der Waals surface area contributed by atoms with E-state index in [0.29, 0.717) is 16.3 Å². The van der Waals surface area contributed by atoms with E-state index in [1.54, 1.807) is 12.1 Å². The number of amides is 1. The Morgan fingerprint density at radius 2 is 2.27 bits per heavy atom. The summed E-state index contributed by atoms with van der Waals surface area (Å²) in [7, 11) is 3.89. The molecule has 0 fully saturated rings. The van der Waals surface area contributed by atoms with Gasteiger partial charge in [-0.25, -0.2) is 0 Å². The van der Waals surface area contributed by atoms with Gasteiger partial charge in [0.05, 0.1) is 9.75 Å². The highest BCUT2D eigenvalue weighted by atomic mass is 32.1. The van der Waals surface area contributed by atoms with E-state index in [2.05, 4.69) is 5.32 Å². The highest BCUT2D eigenvalue weighted by Gasteiger charge is 2.07. The molecule has 0 atom stereocenters. The van der Waals surface area contributed by atoms with Crippen molar-refractivity contribution in [1.82, 2.24) is 10.2 Å². The van der Waals surface area contributed by atoms with Crippen LogP contribution in [0.15, 0.2) is 12.1 Å². The standard InChI is InChI=1S/C10H14N2O2S/c1-12(2)6-5-11-10(14)9-4-3-8(7-13)15-9/h3-4,7H,5-6H2,1-2H3,(H,11,14). The summed E-state index contributed by atoms with van der Waals surface area (Å²) in [6, 6.07) is 3.32. The quantitative estimate of drug-likeness (QED) is 0.757. The average molecular weight is 226 g/mol. The number of nitrogens with zero attached hydrogens (tertiary/aromatic N) is 1. The van der Waals surface area contributed by atoms with E-state index >= 15 is 0 Å². The van der Waals surface area contributed by atoms with Gasteiger partial charge in [0, 0.05) is 13.1 Å². The summed E-state index contributed by atoms with van der Waals surface area (Å²) in [6.07, 6.45) is 0.751. The van der Waals surface area contributed by atoms with Crippen LogP contribution >= 0.6 is 11.3 Å². The fraction of sp³-hybridized carbons (Fsp3) is 0.400. The summed E-state index contributed by atoms with van der Waals surface area (Å²) in [5, 5.41) is 2.78. The molecule has 1 heterocycles. The maximum absolute atomic E-state index is 11.5. The Kier molecular flexibility index (Phi) is 4.45. The van der Waals surface area contributed by atoms with Crippen LogP contribution in [0.2, 0.25) is 0 Å². The number of likely N-dealkylation sites (N-methyl/N-ethyl adjacent to an activating group) is 1. The van der Waals surface area contributed by atoms with Crippen molar-refractivity contribution in [3.8, 4) is 0 Å². The van der Waals surface area contributed by atoms with E-state index in [-0.39, 0.29) is 5.91 Å². The molecule has 0 saturated heterocycles. The highest BCUT2D eigenvalue weighted by Crippen LogP contribution is 2.13. The van der Waals surface area contributed by atoms with Gasteiger partial charge in [0.25, 0.3) is 5.91 Å². The minimum absolute atomic E-state index is 0.116. The minimum Gasteiger partial charge on any atom is -0.350 e. The van der Waals surface area contributed by atoms with E-state index in [0.717, 1.165) is 12.8 Å². The van der Waals surface area contributed by atoms with E-state index < -0.39 is 0 Å². The second-order valence-corrected chi connectivity index (χ2v) is 4.49. The van der Waals surface area contributed by atoms with Crippen molar-refractivity contribution in [1.29, 1.82) is 0 Å². The Hall–Kier alpha value is -1.20. The molecule has 1 aromatic heterocycles. The zero-order valence-electron chi connectivity index (χ0n) is 8.82. The van der Waals surface area contributed by atoms with Gasteiger partial charge in [0.1, 0.15) is 0 Å². The Bertz CT molecular complexity index is 347. The van der Waals surface area contributed by atoms with Crippen LogP contribution in [0.1, 0.15) is 19.3 Å². The van der Waals surface area contributed by atoms with Crippen LogP contribution in [-0.4, -0.2) is 44.3 Å². The molecule has 0 bridgehead atoms. The van der Waals surface area contributed by atoms with E-state index in [4.69, 9.17) is 0 Å². The van der Waals surface area contributed by atoms with Crippen molar-refractivity contribution in [3.05, 3.63) is 21.9 Å². The summed E-state index contributed by atoms with van der Waals surface area (Å²) >= 11 is 1.21. The number of nitrogens with one attached hydrogen (secondary N) is 1. The smallest absolute Gasteiger partial charge is 0.261 e. The van der Waals surface area contributed by atoms with Crippen LogP contribution in [0.25, 0.3) is 0 Å². The lowest BCUT2D eigenvalue weighted by atomic mass is 10.4. The normalized spacial score (nSPS) is 10.3. The second-order valence-electron chi connectivity index (χ2n) is 3.38. The molecule has 1 N–H and O–H groups in total. The first-order valence-corrected chi connectivity index (χ1v) is 5.43. The molecule has 82 valence electrons. The lowest BCUT2D eigenvalue weighted by Crippen LogP contribution is -2.30. The predicted octanol–water partition coefficient (Wildman–Crippen LogP) is 0.852. The monoisotopic (exact) mass is 226 g/mol. The van der Waals surface area contributed by atoms with E-state index in [9.17, 15) is 9.59 Å². The third-order valence-electron chi connectivity index (χ3n) is 1.81. The molecule has 0 spiro atoms. The van der Waals surface area contributed by atoms with Gasteiger partial charge < -0.3 is 10.2 Å². The van der Waals surface area contributed by atoms with Crippen molar-refractivity contribution >= 4 is 23.5 Å². The Balaban J connectivity index is 2.43. The van der Waals surface area contributed by atoms with Gasteiger partial charge in [-0.15, -0.1) is 11.3 Å². The molecule has 0 unspecified atom stereocenters. The number of aldehydes is 1. The summed E-state index contributed by atoms with van der Waals surface area (Å²) in [5.41, 5.74) is 0. The number of rotatable bonds is 5. The van der Waals surface area contributed by atoms with Crippen LogP contribution in [-0.2, 0) is 0 Å². The molecule has 1 rings (SSSR count). The van der Waals surface area contributed by atoms with Crippen molar-refractivity contribution in [2.24, 2.45) is 0 Å². The molecule has 4 nitrogen and oxygen atoms in total. The van der Waals surface area contributed by atoms with E-state index in [1.165, 1.54) is 11.3 Å². The maximum Gasteiger partial charge on any atom is 0.261 e. The molecule has 1 amide bonds. The lowest BCUT2D eigenvalue weighted by Gasteiger charge is -2.09. The fourth-order valence-electron chi connectivity index (χ4n) is 1.02. The van der Waals surface area contributed by atoms with Gasteiger partial charge in [0.15, 0.2) is 6.29 Å². The third-order valence-corrected chi connectivity index (χ3v) is 2.82. The first kappa shape index (κ1) is 11.9. The molecule has 0 saturated carbocycles. The van der Waals surface area contributed by atoms with Crippen LogP contribution in [0, 0.1) is 0 Å². The summed E-state index contributed by atoms with van der Waals surface area (Å²) in [6.45, 7) is 1.41. The zero-order chi connectivity index (χ0) is 11.3. The van der Waals surface area contributed by atoms with Gasteiger partial charge in [-0.3, -0.25) is 9.59 Å². The average Bonchev–Trinajstić information content (AvgIpc) is 2.65. The van der Waals surface area contributed by atoms with Gasteiger partial charge >= 0.3 is 0 Å². The van der Waals surface area contributed by atoms with E-state index in [1.807, 2.05) is 19.0 Å². The minimum atomic E-state index is -0.116. The number of thiophene rings is 1. The molecule has 0 aliphatic heterocycles. The predicted molar refractivity (Wildman–Crippen MR) is 60.6 cm³/mol. The summed E-state index contributed by atoms with van der Waals surface area (Å²) < 4.78 is 0. The van der Waals surface area contributed by atoms with Crippen molar-refractivity contribution < 1.29 is 9.59 Å². The topological polar surface area (TPSA) is 49.4 Å². The van der Waals surface area contributed by atoms with Gasteiger partial charge in [0.2, 0.25) is 0 Å². The largest absolute Gasteiger partial charge is 0.350 e. The molecule has 0 aromatic carbocycles. The summed E-state index contributed by atoms with van der Waals surface area (Å²) in [4.78, 5) is 25.1. The number of carbonyl (C=O) groups excluding carboxylic acids is 2. The van der Waals surface area contributed by atoms with Crippen LogP contribution in [0.3, 0.4) is 0 Å². The van der Waals surface area contributed by atoms with Gasteiger partial charge in [-0.2, -0.15) is 0 Å². The molecule has 5 heteroatoms. The zero-order valence-corrected chi connectivity index (χ0v) is 9.63. The van der Waals surface area contributed by atoms with Crippen LogP contribution in [0.4, 0.5) is 0 Å². The molecule has 15 heavy (non-hydrogen) atoms. The van der Waals surface area contributed by atoms with Crippen molar-refractivity contribution in [2.75, 3.05) is 27.2 Å². The third kappa shape index (κ3) is 3.81. The lowest BCUT2D eigenvalue weighted by molar-refractivity contribution is 0.0955. The van der Waals surface area contributed by atoms with Gasteiger partial charge in [-0.1, -0.05) is 0 Å². The molecular weight excluding hydrogens is 212 g/mol. The number of hydrogen-bond donors (Lipinski definition) is 1. The van der Waals surface area contributed by atoms with Gasteiger partial charge in [-0.05, 0) is 26.2 Å².